The highest BCUT2D eigenvalue weighted by Gasteiger charge is 2.38. The fraction of sp³-hybridized carbons (Fsp3) is 0.562. The van der Waals surface area contributed by atoms with Crippen LogP contribution in [-0.4, -0.2) is 56.3 Å². The third-order valence-corrected chi connectivity index (χ3v) is 5.46. The van der Waals surface area contributed by atoms with Crippen LogP contribution in [0.1, 0.15) is 34.8 Å². The average molecular weight is 331 g/mol. The minimum atomic E-state index is 0.0447. The molecule has 2 aromatic heterocycles. The molecule has 0 radical (unpaired) electrons. The van der Waals surface area contributed by atoms with Crippen molar-refractivity contribution in [2.75, 3.05) is 19.6 Å². The largest absolute Gasteiger partial charge is 0.338 e. The molecule has 2 bridgehead atoms. The molecule has 23 heavy (non-hydrogen) atoms. The standard InChI is InChI=1S/C16H21N5OS/c1-11-4-17-15(19-11)16(22)21-6-12-2-3-14(21)8-20(5-12)7-13-9-23-10-18-13/h4,9-10,12,14H,2-3,5-8H2,1H3,(H,17,19)/t12-,14+/m1/s1. The molecule has 1 amide bonds. The van der Waals surface area contributed by atoms with Crippen LogP contribution in [0.25, 0.3) is 0 Å². The normalized spacial score (nSPS) is 24.8. The van der Waals surface area contributed by atoms with E-state index in [0.717, 1.165) is 44.0 Å². The van der Waals surface area contributed by atoms with Crippen LogP contribution in [-0.2, 0) is 6.54 Å². The molecule has 0 saturated carbocycles. The average Bonchev–Trinajstić information content (AvgIpc) is 3.12. The number of fused-ring (bicyclic) bond motifs is 4. The fourth-order valence-corrected chi connectivity index (χ4v) is 4.31. The number of rotatable bonds is 3. The third-order valence-electron chi connectivity index (χ3n) is 4.82. The molecular weight excluding hydrogens is 310 g/mol. The lowest BCUT2D eigenvalue weighted by molar-refractivity contribution is 0.0573. The Hall–Kier alpha value is -1.73. The van der Waals surface area contributed by atoms with E-state index in [4.69, 9.17) is 0 Å². The number of nitrogens with zero attached hydrogens (tertiary/aromatic N) is 4. The van der Waals surface area contributed by atoms with Crippen molar-refractivity contribution >= 4 is 17.2 Å². The lowest BCUT2D eigenvalue weighted by atomic mass is 9.95. The van der Waals surface area contributed by atoms with E-state index in [1.807, 2.05) is 17.3 Å². The number of aromatic nitrogens is 3. The van der Waals surface area contributed by atoms with Crippen molar-refractivity contribution in [2.45, 2.75) is 32.4 Å². The van der Waals surface area contributed by atoms with Gasteiger partial charge in [0.25, 0.3) is 5.91 Å². The zero-order chi connectivity index (χ0) is 15.8. The van der Waals surface area contributed by atoms with Crippen molar-refractivity contribution in [2.24, 2.45) is 5.92 Å². The van der Waals surface area contributed by atoms with Gasteiger partial charge >= 0.3 is 0 Å². The maximum Gasteiger partial charge on any atom is 0.289 e. The Balaban J connectivity index is 1.50. The lowest BCUT2D eigenvalue weighted by Crippen LogP contribution is -2.47. The van der Waals surface area contributed by atoms with E-state index in [2.05, 4.69) is 25.2 Å². The molecule has 3 saturated heterocycles. The molecule has 122 valence electrons. The van der Waals surface area contributed by atoms with Crippen molar-refractivity contribution in [3.05, 3.63) is 34.3 Å². The topological polar surface area (TPSA) is 65.1 Å². The molecular formula is C16H21N5OS. The Morgan fingerprint density at radius 3 is 3.00 bits per heavy atom. The molecule has 5 rings (SSSR count). The number of aromatic amines is 1. The highest BCUT2D eigenvalue weighted by atomic mass is 32.1. The summed E-state index contributed by atoms with van der Waals surface area (Å²) in [6.07, 6.45) is 4.01. The van der Waals surface area contributed by atoms with Crippen molar-refractivity contribution in [3.63, 3.8) is 0 Å². The summed E-state index contributed by atoms with van der Waals surface area (Å²) in [5, 5.41) is 2.11. The Bertz CT molecular complexity index is 682. The fourth-order valence-electron chi connectivity index (χ4n) is 3.76. The van der Waals surface area contributed by atoms with Gasteiger partial charge in [-0.1, -0.05) is 0 Å². The number of carbonyl (C=O) groups is 1. The van der Waals surface area contributed by atoms with Crippen LogP contribution in [0.4, 0.5) is 0 Å². The van der Waals surface area contributed by atoms with Crippen LogP contribution >= 0.6 is 11.3 Å². The number of H-pyrrole nitrogens is 1. The smallest absolute Gasteiger partial charge is 0.289 e. The van der Waals surface area contributed by atoms with E-state index < -0.39 is 0 Å². The molecule has 6 nitrogen and oxygen atoms in total. The molecule has 7 heteroatoms. The van der Waals surface area contributed by atoms with Gasteiger partial charge in [0.15, 0.2) is 5.82 Å². The summed E-state index contributed by atoms with van der Waals surface area (Å²) in [5.74, 6) is 1.07. The summed E-state index contributed by atoms with van der Waals surface area (Å²) < 4.78 is 0. The number of imidazole rings is 1. The Labute approximate surface area is 139 Å². The van der Waals surface area contributed by atoms with Crippen molar-refractivity contribution in [1.29, 1.82) is 0 Å². The maximum absolute atomic E-state index is 12.8. The van der Waals surface area contributed by atoms with Gasteiger partial charge < -0.3 is 9.88 Å². The molecule has 2 aromatic rings. The first-order valence-electron chi connectivity index (χ1n) is 8.11. The molecule has 0 aliphatic carbocycles. The van der Waals surface area contributed by atoms with Gasteiger partial charge in [-0.15, -0.1) is 11.3 Å². The summed E-state index contributed by atoms with van der Waals surface area (Å²) in [5.41, 5.74) is 3.95. The van der Waals surface area contributed by atoms with E-state index in [0.29, 0.717) is 11.7 Å². The number of hydrogen-bond acceptors (Lipinski definition) is 5. The zero-order valence-corrected chi connectivity index (χ0v) is 14.1. The summed E-state index contributed by atoms with van der Waals surface area (Å²) in [6.45, 7) is 5.64. The number of amides is 1. The molecule has 0 aromatic carbocycles. The maximum atomic E-state index is 12.8. The van der Waals surface area contributed by atoms with Gasteiger partial charge in [0.05, 0.1) is 11.2 Å². The Kier molecular flexibility index (Phi) is 3.90. The van der Waals surface area contributed by atoms with E-state index in [-0.39, 0.29) is 11.9 Å². The highest BCUT2D eigenvalue weighted by molar-refractivity contribution is 7.07. The minimum Gasteiger partial charge on any atom is -0.338 e. The van der Waals surface area contributed by atoms with Gasteiger partial charge in [-0.3, -0.25) is 9.69 Å². The lowest BCUT2D eigenvalue weighted by Gasteiger charge is -2.35. The summed E-state index contributed by atoms with van der Waals surface area (Å²) in [4.78, 5) is 29.0. The Morgan fingerprint density at radius 2 is 2.26 bits per heavy atom. The van der Waals surface area contributed by atoms with Crippen LogP contribution in [0, 0.1) is 12.8 Å². The number of piperidine rings is 1. The molecule has 3 fully saturated rings. The second-order valence-corrected chi connectivity index (χ2v) is 7.36. The predicted molar refractivity (Wildman–Crippen MR) is 88.3 cm³/mol. The van der Waals surface area contributed by atoms with Crippen LogP contribution in [0.2, 0.25) is 0 Å². The number of aryl methyl sites for hydroxylation is 1. The first kappa shape index (κ1) is 14.8. The van der Waals surface area contributed by atoms with Crippen LogP contribution in [0.15, 0.2) is 17.1 Å². The van der Waals surface area contributed by atoms with Gasteiger partial charge in [-0.05, 0) is 25.7 Å². The van der Waals surface area contributed by atoms with E-state index in [1.54, 1.807) is 17.5 Å². The molecule has 3 aliphatic heterocycles. The van der Waals surface area contributed by atoms with Gasteiger partial charge in [-0.25, -0.2) is 9.97 Å². The Morgan fingerprint density at radius 1 is 1.35 bits per heavy atom. The zero-order valence-electron chi connectivity index (χ0n) is 13.2. The molecule has 1 N–H and O–H groups in total. The van der Waals surface area contributed by atoms with Crippen molar-refractivity contribution in [1.82, 2.24) is 24.8 Å². The summed E-state index contributed by atoms with van der Waals surface area (Å²) >= 11 is 1.64. The quantitative estimate of drug-likeness (QED) is 0.933. The van der Waals surface area contributed by atoms with Gasteiger partial charge in [0.1, 0.15) is 0 Å². The summed E-state index contributed by atoms with van der Waals surface area (Å²) in [6, 6.07) is 0.283. The van der Waals surface area contributed by atoms with Gasteiger partial charge in [-0.2, -0.15) is 0 Å². The van der Waals surface area contributed by atoms with Crippen molar-refractivity contribution in [3.8, 4) is 0 Å². The number of carbonyl (C=O) groups excluding carboxylic acids is 1. The first-order valence-corrected chi connectivity index (χ1v) is 9.05. The molecule has 5 heterocycles. The predicted octanol–water partition coefficient (Wildman–Crippen LogP) is 1.91. The molecule has 2 atom stereocenters. The second-order valence-electron chi connectivity index (χ2n) is 6.64. The summed E-state index contributed by atoms with van der Waals surface area (Å²) in [7, 11) is 0. The first-order chi connectivity index (χ1) is 11.2. The second kappa shape index (κ2) is 6.05. The highest BCUT2D eigenvalue weighted by Crippen LogP contribution is 2.29. The van der Waals surface area contributed by atoms with Crippen molar-refractivity contribution < 1.29 is 4.79 Å². The molecule has 0 unspecified atom stereocenters. The molecule has 3 aliphatic rings. The van der Waals surface area contributed by atoms with Crippen LogP contribution in [0.3, 0.4) is 0 Å². The van der Waals surface area contributed by atoms with Gasteiger partial charge in [0.2, 0.25) is 0 Å². The van der Waals surface area contributed by atoms with E-state index >= 15 is 0 Å². The van der Waals surface area contributed by atoms with Crippen LogP contribution < -0.4 is 0 Å². The van der Waals surface area contributed by atoms with E-state index in [9.17, 15) is 4.79 Å². The number of nitrogens with one attached hydrogen (secondary N) is 1. The molecule has 0 spiro atoms. The van der Waals surface area contributed by atoms with Crippen LogP contribution in [0.5, 0.6) is 0 Å². The van der Waals surface area contributed by atoms with Gasteiger partial charge in [0, 0.05) is 49.5 Å². The number of hydrogen-bond donors (Lipinski definition) is 1. The minimum absolute atomic E-state index is 0.0447. The van der Waals surface area contributed by atoms with E-state index in [1.165, 1.54) is 6.42 Å². The monoisotopic (exact) mass is 331 g/mol. The SMILES string of the molecule is Cc1cnc(C(=O)N2C[C@@H]3CC[C@H]2CN(Cc2cscn2)C3)[nH]1. The number of thiazole rings is 1. The third kappa shape index (κ3) is 3.03.